The minimum Gasteiger partial charge on any atom is -0.493 e. The average Bonchev–Trinajstić information content (AvgIpc) is 2.19. The van der Waals surface area contributed by atoms with E-state index in [9.17, 15) is 0 Å². The molecule has 1 aromatic carbocycles. The first-order valence-corrected chi connectivity index (χ1v) is 4.94. The summed E-state index contributed by atoms with van der Waals surface area (Å²) in [7, 11) is 0. The van der Waals surface area contributed by atoms with Crippen molar-refractivity contribution in [3.05, 3.63) is 36.9 Å². The van der Waals surface area contributed by atoms with Crippen molar-refractivity contribution in [2.75, 3.05) is 18.5 Å². The summed E-state index contributed by atoms with van der Waals surface area (Å²) < 4.78 is 5.52. The number of ether oxygens (including phenoxy) is 1. The average molecular weight is 191 g/mol. The van der Waals surface area contributed by atoms with Crippen LogP contribution in [0.3, 0.4) is 0 Å². The van der Waals surface area contributed by atoms with Crippen molar-refractivity contribution in [2.24, 2.45) is 0 Å². The molecule has 2 nitrogen and oxygen atoms in total. The highest BCUT2D eigenvalue weighted by Gasteiger charge is 1.94. The van der Waals surface area contributed by atoms with Crippen molar-refractivity contribution in [1.82, 2.24) is 0 Å². The number of benzene rings is 1. The topological polar surface area (TPSA) is 21.3 Å². The van der Waals surface area contributed by atoms with E-state index in [4.69, 9.17) is 4.74 Å². The van der Waals surface area contributed by atoms with Crippen LogP contribution in [0.2, 0.25) is 0 Å². The van der Waals surface area contributed by atoms with Gasteiger partial charge in [-0.25, -0.2) is 0 Å². The Kier molecular flexibility index (Phi) is 4.62. The second-order valence-electron chi connectivity index (χ2n) is 2.98. The first kappa shape index (κ1) is 10.6. The molecule has 1 rings (SSSR count). The minimum absolute atomic E-state index is 0.694. The van der Waals surface area contributed by atoms with Gasteiger partial charge in [-0.3, -0.25) is 0 Å². The Morgan fingerprint density at radius 1 is 1.50 bits per heavy atom. The second kappa shape index (κ2) is 6.08. The maximum Gasteiger partial charge on any atom is 0.121 e. The SMILES string of the molecule is C=CCCOc1cccc(NCC)c1. The number of nitrogens with one attached hydrogen (secondary N) is 1. The van der Waals surface area contributed by atoms with Gasteiger partial charge in [0.2, 0.25) is 0 Å². The Balaban J connectivity index is 2.50. The van der Waals surface area contributed by atoms with E-state index >= 15 is 0 Å². The third-order valence-corrected chi connectivity index (χ3v) is 1.81. The lowest BCUT2D eigenvalue weighted by molar-refractivity contribution is 0.325. The molecule has 0 heterocycles. The normalized spacial score (nSPS) is 9.50. The second-order valence-corrected chi connectivity index (χ2v) is 2.98. The maximum atomic E-state index is 5.52. The molecule has 0 saturated heterocycles. The van der Waals surface area contributed by atoms with E-state index < -0.39 is 0 Å². The summed E-state index contributed by atoms with van der Waals surface area (Å²) in [5, 5.41) is 3.24. The van der Waals surface area contributed by atoms with Gasteiger partial charge in [-0.1, -0.05) is 12.1 Å². The van der Waals surface area contributed by atoms with E-state index in [-0.39, 0.29) is 0 Å². The van der Waals surface area contributed by atoms with Gasteiger partial charge in [0.15, 0.2) is 0 Å². The lowest BCUT2D eigenvalue weighted by Gasteiger charge is -2.07. The van der Waals surface area contributed by atoms with Crippen LogP contribution >= 0.6 is 0 Å². The summed E-state index contributed by atoms with van der Waals surface area (Å²) >= 11 is 0. The predicted molar refractivity (Wildman–Crippen MR) is 60.9 cm³/mol. The lowest BCUT2D eigenvalue weighted by atomic mass is 10.3. The van der Waals surface area contributed by atoms with Crippen LogP contribution in [0.1, 0.15) is 13.3 Å². The zero-order valence-electron chi connectivity index (χ0n) is 8.62. The van der Waals surface area contributed by atoms with Gasteiger partial charge < -0.3 is 10.1 Å². The van der Waals surface area contributed by atoms with Crippen LogP contribution in [-0.2, 0) is 0 Å². The molecule has 0 atom stereocenters. The molecular weight excluding hydrogens is 174 g/mol. The van der Waals surface area contributed by atoms with Gasteiger partial charge in [-0.05, 0) is 25.5 Å². The molecule has 14 heavy (non-hydrogen) atoms. The summed E-state index contributed by atoms with van der Waals surface area (Å²) in [6.07, 6.45) is 2.74. The molecule has 0 aromatic heterocycles. The molecular formula is C12H17NO. The summed E-state index contributed by atoms with van der Waals surface area (Å²) in [6, 6.07) is 7.99. The van der Waals surface area contributed by atoms with Crippen LogP contribution in [-0.4, -0.2) is 13.2 Å². The summed E-state index contributed by atoms with van der Waals surface area (Å²) in [5.41, 5.74) is 1.10. The number of hydrogen-bond acceptors (Lipinski definition) is 2. The zero-order valence-corrected chi connectivity index (χ0v) is 8.62. The summed E-state index contributed by atoms with van der Waals surface area (Å²) in [4.78, 5) is 0. The van der Waals surface area contributed by atoms with Crippen LogP contribution in [0.4, 0.5) is 5.69 Å². The van der Waals surface area contributed by atoms with E-state index in [1.807, 2.05) is 30.3 Å². The molecule has 0 aliphatic heterocycles. The van der Waals surface area contributed by atoms with Gasteiger partial charge in [0.1, 0.15) is 5.75 Å². The smallest absolute Gasteiger partial charge is 0.121 e. The molecule has 0 bridgehead atoms. The first-order chi connectivity index (χ1) is 6.86. The Bertz CT molecular complexity index is 283. The fraction of sp³-hybridized carbons (Fsp3) is 0.333. The molecule has 0 amide bonds. The predicted octanol–water partition coefficient (Wildman–Crippen LogP) is 3.07. The third-order valence-electron chi connectivity index (χ3n) is 1.81. The number of anilines is 1. The Hall–Kier alpha value is -1.44. The van der Waals surface area contributed by atoms with Crippen LogP contribution < -0.4 is 10.1 Å². The van der Waals surface area contributed by atoms with Crippen molar-refractivity contribution in [1.29, 1.82) is 0 Å². The molecule has 76 valence electrons. The Labute approximate surface area is 85.6 Å². The maximum absolute atomic E-state index is 5.52. The molecule has 0 spiro atoms. The molecule has 0 aliphatic carbocycles. The van der Waals surface area contributed by atoms with E-state index in [0.29, 0.717) is 6.61 Å². The zero-order chi connectivity index (χ0) is 10.2. The highest BCUT2D eigenvalue weighted by Crippen LogP contribution is 2.17. The first-order valence-electron chi connectivity index (χ1n) is 4.94. The van der Waals surface area contributed by atoms with Crippen LogP contribution in [0.5, 0.6) is 5.75 Å². The van der Waals surface area contributed by atoms with Crippen LogP contribution in [0, 0.1) is 0 Å². The van der Waals surface area contributed by atoms with Gasteiger partial charge in [-0.2, -0.15) is 0 Å². The van der Waals surface area contributed by atoms with E-state index in [1.165, 1.54) is 0 Å². The van der Waals surface area contributed by atoms with Crippen molar-refractivity contribution in [3.63, 3.8) is 0 Å². The van der Waals surface area contributed by atoms with E-state index in [0.717, 1.165) is 24.4 Å². The Morgan fingerprint density at radius 3 is 3.07 bits per heavy atom. The fourth-order valence-corrected chi connectivity index (χ4v) is 1.16. The van der Waals surface area contributed by atoms with Crippen molar-refractivity contribution >= 4 is 5.69 Å². The van der Waals surface area contributed by atoms with Crippen LogP contribution in [0.25, 0.3) is 0 Å². The summed E-state index contributed by atoms with van der Waals surface area (Å²) in [6.45, 7) is 7.34. The molecule has 0 unspecified atom stereocenters. The standard InChI is InChI=1S/C12H17NO/c1-3-5-9-14-12-8-6-7-11(10-12)13-4-2/h3,6-8,10,13H,1,4-5,9H2,2H3. The van der Waals surface area contributed by atoms with Gasteiger partial charge in [0.25, 0.3) is 0 Å². The molecule has 0 radical (unpaired) electrons. The molecule has 1 N–H and O–H groups in total. The lowest BCUT2D eigenvalue weighted by Crippen LogP contribution is -1.98. The Morgan fingerprint density at radius 2 is 2.36 bits per heavy atom. The number of hydrogen-bond donors (Lipinski definition) is 1. The third kappa shape index (κ3) is 3.52. The molecule has 0 fully saturated rings. The highest BCUT2D eigenvalue weighted by molar-refractivity contribution is 5.47. The van der Waals surface area contributed by atoms with Gasteiger partial charge >= 0.3 is 0 Å². The molecule has 2 heteroatoms. The minimum atomic E-state index is 0.694. The van der Waals surface area contributed by atoms with Gasteiger partial charge in [0.05, 0.1) is 6.61 Å². The van der Waals surface area contributed by atoms with Gasteiger partial charge in [0, 0.05) is 18.3 Å². The van der Waals surface area contributed by atoms with Crippen molar-refractivity contribution < 1.29 is 4.74 Å². The quantitative estimate of drug-likeness (QED) is 0.551. The molecule has 0 saturated carbocycles. The molecule has 1 aromatic rings. The van der Waals surface area contributed by atoms with Crippen molar-refractivity contribution in [3.8, 4) is 5.75 Å². The van der Waals surface area contributed by atoms with Crippen molar-refractivity contribution in [2.45, 2.75) is 13.3 Å². The summed E-state index contributed by atoms with van der Waals surface area (Å²) in [5.74, 6) is 0.908. The largest absolute Gasteiger partial charge is 0.493 e. The van der Waals surface area contributed by atoms with E-state index in [1.54, 1.807) is 0 Å². The monoisotopic (exact) mass is 191 g/mol. The van der Waals surface area contributed by atoms with E-state index in [2.05, 4.69) is 18.8 Å². The fourth-order valence-electron chi connectivity index (χ4n) is 1.16. The number of rotatable bonds is 6. The van der Waals surface area contributed by atoms with Gasteiger partial charge in [-0.15, -0.1) is 6.58 Å². The molecule has 0 aliphatic rings. The van der Waals surface area contributed by atoms with Crippen LogP contribution in [0.15, 0.2) is 36.9 Å². The highest BCUT2D eigenvalue weighted by atomic mass is 16.5.